The Bertz CT molecular complexity index is 313. The third kappa shape index (κ3) is 2.29. The van der Waals surface area contributed by atoms with Gasteiger partial charge in [-0.1, -0.05) is 0 Å². The maximum atomic E-state index is 11.0. The van der Waals surface area contributed by atoms with Gasteiger partial charge < -0.3 is 10.4 Å². The van der Waals surface area contributed by atoms with E-state index >= 15 is 0 Å². The number of hydrogen-bond acceptors (Lipinski definition) is 3. The van der Waals surface area contributed by atoms with Gasteiger partial charge in [0.15, 0.2) is 0 Å². The molecule has 1 amide bonds. The molecule has 0 aliphatic carbocycles. The molecule has 1 aromatic heterocycles. The van der Waals surface area contributed by atoms with E-state index in [1.807, 2.05) is 0 Å². The maximum Gasteiger partial charge on any atom is 0.217 e. The van der Waals surface area contributed by atoms with Gasteiger partial charge in [0.2, 0.25) is 5.91 Å². The highest BCUT2D eigenvalue weighted by atomic mass is 16.3. The standard InChI is InChI=1S/C10H14N2O2/c1-8(14)12-10(2,7-13)9-3-5-11-6-4-9/h3-6,13H,7H2,1-2H3,(H,12,14)/t10-/m0/s1. The topological polar surface area (TPSA) is 62.2 Å². The molecule has 0 unspecified atom stereocenters. The van der Waals surface area contributed by atoms with Crippen LogP contribution in [-0.4, -0.2) is 22.6 Å². The van der Waals surface area contributed by atoms with Gasteiger partial charge >= 0.3 is 0 Å². The van der Waals surface area contributed by atoms with Crippen LogP contribution >= 0.6 is 0 Å². The van der Waals surface area contributed by atoms with Gasteiger partial charge in [-0.05, 0) is 24.6 Å². The second-order valence-electron chi connectivity index (χ2n) is 3.41. The van der Waals surface area contributed by atoms with Gasteiger partial charge in [0, 0.05) is 19.3 Å². The van der Waals surface area contributed by atoms with Gasteiger partial charge in [0.1, 0.15) is 0 Å². The van der Waals surface area contributed by atoms with Crippen molar-refractivity contribution in [2.45, 2.75) is 19.4 Å². The van der Waals surface area contributed by atoms with Crippen LogP contribution in [0.15, 0.2) is 24.5 Å². The Kier molecular flexibility index (Phi) is 3.19. The summed E-state index contributed by atoms with van der Waals surface area (Å²) in [5, 5.41) is 12.0. The molecule has 1 atom stereocenters. The quantitative estimate of drug-likeness (QED) is 0.733. The predicted octanol–water partition coefficient (Wildman–Crippen LogP) is 0.425. The number of aliphatic hydroxyl groups is 1. The van der Waals surface area contributed by atoms with Crippen LogP contribution in [0, 0.1) is 0 Å². The summed E-state index contributed by atoms with van der Waals surface area (Å²) in [6, 6.07) is 3.54. The van der Waals surface area contributed by atoms with Gasteiger partial charge in [-0.2, -0.15) is 0 Å². The van der Waals surface area contributed by atoms with Crippen LogP contribution in [0.25, 0.3) is 0 Å². The first kappa shape index (κ1) is 10.7. The first-order valence-corrected chi connectivity index (χ1v) is 4.38. The molecule has 1 rings (SSSR count). The molecule has 0 saturated carbocycles. The van der Waals surface area contributed by atoms with Gasteiger partial charge in [-0.25, -0.2) is 0 Å². The normalized spacial score (nSPS) is 14.5. The van der Waals surface area contributed by atoms with Crippen LogP contribution in [0.3, 0.4) is 0 Å². The second-order valence-corrected chi connectivity index (χ2v) is 3.41. The molecular formula is C10H14N2O2. The van der Waals surface area contributed by atoms with Crippen molar-refractivity contribution in [1.82, 2.24) is 10.3 Å². The molecule has 2 N–H and O–H groups in total. The zero-order valence-corrected chi connectivity index (χ0v) is 8.32. The van der Waals surface area contributed by atoms with E-state index in [1.165, 1.54) is 6.92 Å². The van der Waals surface area contributed by atoms with Gasteiger partial charge in [-0.3, -0.25) is 9.78 Å². The monoisotopic (exact) mass is 194 g/mol. The van der Waals surface area contributed by atoms with Gasteiger partial charge in [0.05, 0.1) is 12.1 Å². The lowest BCUT2D eigenvalue weighted by atomic mass is 9.94. The number of pyridine rings is 1. The molecule has 0 fully saturated rings. The summed E-state index contributed by atoms with van der Waals surface area (Å²) in [7, 11) is 0. The van der Waals surface area contributed by atoms with Crippen molar-refractivity contribution in [2.75, 3.05) is 6.61 Å². The molecule has 1 heterocycles. The zero-order valence-electron chi connectivity index (χ0n) is 8.32. The average molecular weight is 194 g/mol. The lowest BCUT2D eigenvalue weighted by Gasteiger charge is -2.28. The summed E-state index contributed by atoms with van der Waals surface area (Å²) in [4.78, 5) is 14.8. The maximum absolute atomic E-state index is 11.0. The third-order valence-corrected chi connectivity index (χ3v) is 2.09. The molecule has 1 aromatic rings. The lowest BCUT2D eigenvalue weighted by Crippen LogP contribution is -2.45. The van der Waals surface area contributed by atoms with Gasteiger partial charge in [0.25, 0.3) is 0 Å². The highest BCUT2D eigenvalue weighted by molar-refractivity contribution is 5.74. The van der Waals surface area contributed by atoms with Crippen molar-refractivity contribution >= 4 is 5.91 Å². The van der Waals surface area contributed by atoms with E-state index < -0.39 is 5.54 Å². The minimum absolute atomic E-state index is 0.142. The molecule has 0 saturated heterocycles. The summed E-state index contributed by atoms with van der Waals surface area (Å²) < 4.78 is 0. The summed E-state index contributed by atoms with van der Waals surface area (Å²) in [6.45, 7) is 3.05. The third-order valence-electron chi connectivity index (χ3n) is 2.09. The number of aromatic nitrogens is 1. The Balaban J connectivity index is 2.95. The molecule has 0 aliphatic heterocycles. The van der Waals surface area contributed by atoms with E-state index in [1.54, 1.807) is 31.5 Å². The van der Waals surface area contributed by atoms with Crippen molar-refractivity contribution in [2.24, 2.45) is 0 Å². The van der Waals surface area contributed by atoms with E-state index in [2.05, 4.69) is 10.3 Å². The van der Waals surface area contributed by atoms with Crippen LogP contribution < -0.4 is 5.32 Å². The molecule has 0 bridgehead atoms. The number of aliphatic hydroxyl groups excluding tert-OH is 1. The van der Waals surface area contributed by atoms with Crippen LogP contribution in [0.1, 0.15) is 19.4 Å². The lowest BCUT2D eigenvalue weighted by molar-refractivity contribution is -0.121. The first-order valence-electron chi connectivity index (χ1n) is 4.38. The zero-order chi connectivity index (χ0) is 10.6. The first-order chi connectivity index (χ1) is 6.58. The Morgan fingerprint density at radius 3 is 2.57 bits per heavy atom. The molecular weight excluding hydrogens is 180 g/mol. The minimum Gasteiger partial charge on any atom is -0.394 e. The molecule has 0 aromatic carbocycles. The Labute approximate surface area is 83.0 Å². The number of carbonyl (C=O) groups excluding carboxylic acids is 1. The van der Waals surface area contributed by atoms with Crippen molar-refractivity contribution in [1.29, 1.82) is 0 Å². The van der Waals surface area contributed by atoms with E-state index in [4.69, 9.17) is 0 Å². The second kappa shape index (κ2) is 4.19. The Morgan fingerprint density at radius 1 is 1.57 bits per heavy atom. The largest absolute Gasteiger partial charge is 0.394 e. The molecule has 4 heteroatoms. The van der Waals surface area contributed by atoms with Crippen LogP contribution in [-0.2, 0) is 10.3 Å². The smallest absolute Gasteiger partial charge is 0.217 e. The molecule has 0 aliphatic rings. The van der Waals surface area contributed by atoms with E-state index in [-0.39, 0.29) is 12.5 Å². The highest BCUT2D eigenvalue weighted by Crippen LogP contribution is 2.18. The molecule has 76 valence electrons. The Morgan fingerprint density at radius 2 is 2.14 bits per heavy atom. The number of amides is 1. The van der Waals surface area contributed by atoms with Crippen LogP contribution in [0.4, 0.5) is 0 Å². The van der Waals surface area contributed by atoms with E-state index in [0.29, 0.717) is 0 Å². The van der Waals surface area contributed by atoms with Gasteiger partial charge in [-0.15, -0.1) is 0 Å². The summed E-state index contributed by atoms with van der Waals surface area (Å²) >= 11 is 0. The summed E-state index contributed by atoms with van der Waals surface area (Å²) in [5.41, 5.74) is 0.111. The van der Waals surface area contributed by atoms with Crippen molar-refractivity contribution in [3.63, 3.8) is 0 Å². The predicted molar refractivity (Wildman–Crippen MR) is 52.5 cm³/mol. The fraction of sp³-hybridized carbons (Fsp3) is 0.400. The number of carbonyl (C=O) groups is 1. The van der Waals surface area contributed by atoms with Crippen LogP contribution in [0.2, 0.25) is 0 Å². The number of hydrogen-bond donors (Lipinski definition) is 2. The van der Waals surface area contributed by atoms with Crippen molar-refractivity contribution < 1.29 is 9.90 Å². The van der Waals surface area contributed by atoms with E-state index in [0.717, 1.165) is 5.56 Å². The van der Waals surface area contributed by atoms with Crippen LogP contribution in [0.5, 0.6) is 0 Å². The average Bonchev–Trinajstić information content (AvgIpc) is 2.18. The molecule has 0 spiro atoms. The SMILES string of the molecule is CC(=O)N[C@@](C)(CO)c1ccncc1. The fourth-order valence-electron chi connectivity index (χ4n) is 1.31. The fourth-order valence-corrected chi connectivity index (χ4v) is 1.31. The van der Waals surface area contributed by atoms with Crippen molar-refractivity contribution in [3.8, 4) is 0 Å². The number of nitrogens with zero attached hydrogens (tertiary/aromatic N) is 1. The molecule has 14 heavy (non-hydrogen) atoms. The highest BCUT2D eigenvalue weighted by Gasteiger charge is 2.26. The minimum atomic E-state index is -0.727. The van der Waals surface area contributed by atoms with E-state index in [9.17, 15) is 9.90 Å². The number of rotatable bonds is 3. The Hall–Kier alpha value is -1.42. The molecule has 0 radical (unpaired) electrons. The molecule has 4 nitrogen and oxygen atoms in total. The number of nitrogens with one attached hydrogen (secondary N) is 1. The summed E-state index contributed by atoms with van der Waals surface area (Å²) in [6.07, 6.45) is 3.26. The van der Waals surface area contributed by atoms with Crippen molar-refractivity contribution in [3.05, 3.63) is 30.1 Å². The summed E-state index contributed by atoms with van der Waals surface area (Å²) in [5.74, 6) is -0.168.